The van der Waals surface area contributed by atoms with Crippen LogP contribution in [0.2, 0.25) is 0 Å². The maximum atomic E-state index is 10.9. The molecule has 0 unspecified atom stereocenters. The molecular formula is C13H10N2O5S. The van der Waals surface area contributed by atoms with E-state index >= 15 is 0 Å². The van der Waals surface area contributed by atoms with Crippen molar-refractivity contribution in [2.24, 2.45) is 0 Å². The summed E-state index contributed by atoms with van der Waals surface area (Å²) < 4.78 is 5.01. The van der Waals surface area contributed by atoms with Crippen molar-refractivity contribution >= 4 is 23.4 Å². The highest BCUT2D eigenvalue weighted by atomic mass is 32.2. The van der Waals surface area contributed by atoms with Gasteiger partial charge in [0.2, 0.25) is 0 Å². The number of ether oxygens (including phenoxy) is 1. The number of nitro groups is 1. The fraction of sp³-hybridized carbons (Fsp3) is 0.0769. The summed E-state index contributed by atoms with van der Waals surface area (Å²) in [6, 6.07) is 7.08. The molecule has 1 aromatic heterocycles. The summed E-state index contributed by atoms with van der Waals surface area (Å²) in [5.41, 5.74) is -0.00358. The van der Waals surface area contributed by atoms with Crippen molar-refractivity contribution in [3.05, 3.63) is 52.2 Å². The van der Waals surface area contributed by atoms with Crippen LogP contribution in [-0.4, -0.2) is 28.1 Å². The molecular weight excluding hydrogens is 296 g/mol. The van der Waals surface area contributed by atoms with Crippen LogP contribution >= 0.6 is 11.8 Å². The fourth-order valence-electron chi connectivity index (χ4n) is 1.56. The van der Waals surface area contributed by atoms with Gasteiger partial charge in [0.25, 0.3) is 5.69 Å². The molecule has 0 saturated carbocycles. The Morgan fingerprint density at radius 3 is 2.76 bits per heavy atom. The second kappa shape index (κ2) is 6.23. The van der Waals surface area contributed by atoms with Gasteiger partial charge in [0, 0.05) is 17.2 Å². The summed E-state index contributed by atoms with van der Waals surface area (Å²) in [6.07, 6.45) is 1.38. The van der Waals surface area contributed by atoms with Crippen molar-refractivity contribution in [3.63, 3.8) is 0 Å². The molecule has 0 spiro atoms. The van der Waals surface area contributed by atoms with E-state index in [1.54, 1.807) is 6.07 Å². The van der Waals surface area contributed by atoms with Crippen molar-refractivity contribution in [2.45, 2.75) is 9.92 Å². The number of hydrogen-bond donors (Lipinski definition) is 1. The van der Waals surface area contributed by atoms with Crippen LogP contribution in [-0.2, 0) is 0 Å². The molecule has 2 rings (SSSR count). The standard InChI is InChI=1S/C13H10N2O5S/c1-20-10-5-9(15(18)19)6-11(7-10)21-12-4-8(13(16)17)2-3-14-12/h2-7H,1H3,(H,16,17). The van der Waals surface area contributed by atoms with E-state index in [-0.39, 0.29) is 11.3 Å². The maximum absolute atomic E-state index is 10.9. The van der Waals surface area contributed by atoms with Gasteiger partial charge in [-0.25, -0.2) is 9.78 Å². The van der Waals surface area contributed by atoms with Crippen LogP contribution in [0.4, 0.5) is 5.69 Å². The normalized spacial score (nSPS) is 10.1. The number of methoxy groups -OCH3 is 1. The molecule has 0 amide bonds. The summed E-state index contributed by atoms with van der Waals surface area (Å²) in [7, 11) is 1.41. The Bertz CT molecular complexity index is 705. The lowest BCUT2D eigenvalue weighted by atomic mass is 10.3. The number of non-ortho nitro benzene ring substituents is 1. The molecule has 0 saturated heterocycles. The Labute approximate surface area is 123 Å². The second-order valence-electron chi connectivity index (χ2n) is 3.91. The molecule has 1 N–H and O–H groups in total. The topological polar surface area (TPSA) is 103 Å². The number of nitrogens with zero attached hydrogens (tertiary/aromatic N) is 2. The summed E-state index contributed by atoms with van der Waals surface area (Å²) in [5, 5.41) is 20.2. The number of carbonyl (C=O) groups is 1. The van der Waals surface area contributed by atoms with Crippen LogP contribution in [0.3, 0.4) is 0 Å². The van der Waals surface area contributed by atoms with Crippen molar-refractivity contribution in [2.75, 3.05) is 7.11 Å². The quantitative estimate of drug-likeness (QED) is 0.669. The van der Waals surface area contributed by atoms with Gasteiger partial charge in [-0.05, 0) is 18.2 Å². The molecule has 0 bridgehead atoms. The highest BCUT2D eigenvalue weighted by Gasteiger charge is 2.12. The number of carboxylic acid groups (broad SMARTS) is 1. The van der Waals surface area contributed by atoms with Gasteiger partial charge in [-0.3, -0.25) is 10.1 Å². The zero-order valence-electron chi connectivity index (χ0n) is 10.8. The van der Waals surface area contributed by atoms with E-state index in [1.807, 2.05) is 0 Å². The first-order chi connectivity index (χ1) is 9.99. The molecule has 21 heavy (non-hydrogen) atoms. The van der Waals surface area contributed by atoms with Gasteiger partial charge in [0.05, 0.1) is 23.7 Å². The monoisotopic (exact) mass is 306 g/mol. The van der Waals surface area contributed by atoms with E-state index in [2.05, 4.69) is 4.98 Å². The predicted molar refractivity (Wildman–Crippen MR) is 75.0 cm³/mol. The zero-order valence-corrected chi connectivity index (χ0v) is 11.7. The first-order valence-corrected chi connectivity index (χ1v) is 6.52. The van der Waals surface area contributed by atoms with Gasteiger partial charge in [0.15, 0.2) is 0 Å². The molecule has 0 atom stereocenters. The third kappa shape index (κ3) is 3.69. The third-order valence-corrected chi connectivity index (χ3v) is 3.42. The highest BCUT2D eigenvalue weighted by Crippen LogP contribution is 2.33. The van der Waals surface area contributed by atoms with Crippen LogP contribution in [0, 0.1) is 10.1 Å². The van der Waals surface area contributed by atoms with Gasteiger partial charge >= 0.3 is 5.97 Å². The average Bonchev–Trinajstić information content (AvgIpc) is 2.47. The number of nitro benzene ring substituents is 1. The van der Waals surface area contributed by atoms with Crippen LogP contribution in [0.25, 0.3) is 0 Å². The number of rotatable bonds is 5. The first kappa shape index (κ1) is 14.8. The Balaban J connectivity index is 2.34. The summed E-state index contributed by atoms with van der Waals surface area (Å²) in [6.45, 7) is 0. The van der Waals surface area contributed by atoms with Crippen molar-refractivity contribution in [1.29, 1.82) is 0 Å². The minimum Gasteiger partial charge on any atom is -0.496 e. The number of pyridine rings is 1. The molecule has 8 heteroatoms. The van der Waals surface area contributed by atoms with E-state index in [9.17, 15) is 14.9 Å². The number of benzene rings is 1. The molecule has 2 aromatic rings. The molecule has 7 nitrogen and oxygen atoms in total. The lowest BCUT2D eigenvalue weighted by molar-refractivity contribution is -0.385. The molecule has 0 radical (unpaired) electrons. The Hall–Kier alpha value is -2.61. The van der Waals surface area contributed by atoms with E-state index in [1.165, 1.54) is 37.6 Å². The molecule has 0 aliphatic rings. The maximum Gasteiger partial charge on any atom is 0.335 e. The highest BCUT2D eigenvalue weighted by molar-refractivity contribution is 7.99. The van der Waals surface area contributed by atoms with E-state index < -0.39 is 10.9 Å². The molecule has 108 valence electrons. The van der Waals surface area contributed by atoms with Crippen molar-refractivity contribution in [1.82, 2.24) is 4.98 Å². The smallest absolute Gasteiger partial charge is 0.335 e. The summed E-state index contributed by atoms with van der Waals surface area (Å²) >= 11 is 1.12. The second-order valence-corrected chi connectivity index (χ2v) is 5.01. The van der Waals surface area contributed by atoms with E-state index in [4.69, 9.17) is 9.84 Å². The molecule has 0 fully saturated rings. The van der Waals surface area contributed by atoms with Gasteiger partial charge in [0.1, 0.15) is 10.8 Å². The van der Waals surface area contributed by atoms with Crippen LogP contribution in [0.5, 0.6) is 5.75 Å². The number of hydrogen-bond acceptors (Lipinski definition) is 6. The summed E-state index contributed by atoms with van der Waals surface area (Å²) in [4.78, 5) is 25.8. The minimum atomic E-state index is -1.06. The number of carboxylic acids is 1. The fourth-order valence-corrected chi connectivity index (χ4v) is 2.45. The lowest BCUT2D eigenvalue weighted by Crippen LogP contribution is -1.96. The van der Waals surface area contributed by atoms with Gasteiger partial charge < -0.3 is 9.84 Å². The third-order valence-electron chi connectivity index (χ3n) is 2.52. The van der Waals surface area contributed by atoms with Gasteiger partial charge in [-0.2, -0.15) is 0 Å². The van der Waals surface area contributed by atoms with Crippen molar-refractivity contribution in [3.8, 4) is 5.75 Å². The summed E-state index contributed by atoms with van der Waals surface area (Å²) in [5.74, 6) is -0.711. The Morgan fingerprint density at radius 2 is 2.14 bits per heavy atom. The van der Waals surface area contributed by atoms with Crippen LogP contribution < -0.4 is 4.74 Å². The first-order valence-electron chi connectivity index (χ1n) is 5.70. The molecule has 1 heterocycles. The number of aromatic carboxylic acids is 1. The molecule has 0 aliphatic heterocycles. The van der Waals surface area contributed by atoms with Gasteiger partial charge in [-0.15, -0.1) is 0 Å². The minimum absolute atomic E-state index is 0.102. The van der Waals surface area contributed by atoms with Crippen LogP contribution in [0.1, 0.15) is 10.4 Å². The van der Waals surface area contributed by atoms with Crippen LogP contribution in [0.15, 0.2) is 46.5 Å². The van der Waals surface area contributed by atoms with E-state index in [0.29, 0.717) is 15.7 Å². The average molecular weight is 306 g/mol. The Morgan fingerprint density at radius 1 is 1.38 bits per heavy atom. The van der Waals surface area contributed by atoms with E-state index in [0.717, 1.165) is 11.8 Å². The van der Waals surface area contributed by atoms with Crippen molar-refractivity contribution < 1.29 is 19.6 Å². The molecule has 1 aromatic carbocycles. The largest absolute Gasteiger partial charge is 0.496 e. The van der Waals surface area contributed by atoms with Gasteiger partial charge in [-0.1, -0.05) is 11.8 Å². The lowest BCUT2D eigenvalue weighted by Gasteiger charge is -2.05. The Kier molecular flexibility index (Phi) is 4.39. The zero-order chi connectivity index (χ0) is 15.4. The molecule has 0 aliphatic carbocycles. The predicted octanol–water partition coefficient (Wildman–Crippen LogP) is 2.85. The SMILES string of the molecule is COc1cc(Sc2cc(C(=O)O)ccn2)cc([N+](=O)[O-])c1. The number of aromatic nitrogens is 1.